The second kappa shape index (κ2) is 20.3. The molecule has 2 saturated heterocycles. The third kappa shape index (κ3) is 12.7. The van der Waals surface area contributed by atoms with Crippen LogP contribution in [-0.2, 0) is 9.59 Å². The van der Waals surface area contributed by atoms with Crippen LogP contribution in [0.4, 0.5) is 28.9 Å². The summed E-state index contributed by atoms with van der Waals surface area (Å²) in [6.45, 7) is 0.490. The number of benzene rings is 2. The highest BCUT2D eigenvalue weighted by Crippen LogP contribution is 2.40. The minimum Gasteiger partial charge on any atom is -0.480 e. The maximum absolute atomic E-state index is 14.8. The number of nitriles is 2. The van der Waals surface area contributed by atoms with Crippen LogP contribution in [0, 0.1) is 28.6 Å². The zero-order chi connectivity index (χ0) is 41.2. The second-order valence-electron chi connectivity index (χ2n) is 14.6. The number of carboxylic acid groups (broad SMARTS) is 1. The van der Waals surface area contributed by atoms with Gasteiger partial charge in [-0.05, 0) is 89.6 Å². The van der Waals surface area contributed by atoms with E-state index in [4.69, 9.17) is 16.1 Å². The van der Waals surface area contributed by atoms with E-state index >= 15 is 0 Å². The molecule has 2 fully saturated rings. The third-order valence-corrected chi connectivity index (χ3v) is 9.32. The molecule has 2 aliphatic rings. The second-order valence-corrected chi connectivity index (χ2v) is 14.6. The molecule has 0 saturated carbocycles. The number of aliphatic carboxylic acids is 1. The number of carbonyl (C=O) groups is 2. The Morgan fingerprint density at radius 1 is 0.860 bits per heavy atom. The van der Waals surface area contributed by atoms with Crippen LogP contribution in [0.3, 0.4) is 0 Å². The van der Waals surface area contributed by atoms with Crippen molar-refractivity contribution in [3.05, 3.63) is 72.1 Å². The molecule has 0 spiro atoms. The van der Waals surface area contributed by atoms with Gasteiger partial charge in [0.1, 0.15) is 17.9 Å². The van der Waals surface area contributed by atoms with E-state index in [1.807, 2.05) is 6.07 Å². The van der Waals surface area contributed by atoms with Gasteiger partial charge in [0.05, 0.1) is 48.3 Å². The Morgan fingerprint density at radius 2 is 1.39 bits per heavy atom. The summed E-state index contributed by atoms with van der Waals surface area (Å²) in [5, 5.41) is 27.8. The van der Waals surface area contributed by atoms with Gasteiger partial charge in [-0.15, -0.1) is 12.4 Å². The van der Waals surface area contributed by atoms with Crippen LogP contribution >= 0.6 is 12.4 Å². The molecule has 0 amide bonds. The van der Waals surface area contributed by atoms with Gasteiger partial charge in [-0.1, -0.05) is 0 Å². The largest absolute Gasteiger partial charge is 0.480 e. The number of likely N-dealkylation sites (N-methyl/N-ethyl adjacent to an activating group) is 2. The van der Waals surface area contributed by atoms with E-state index in [2.05, 4.69) is 22.1 Å². The average Bonchev–Trinajstić information content (AvgIpc) is 3.12. The number of nitrogens with two attached hydrogens (primary N) is 1. The number of hydrogen-bond donors (Lipinski definition) is 2. The van der Waals surface area contributed by atoms with Gasteiger partial charge in [0, 0.05) is 72.4 Å². The van der Waals surface area contributed by atoms with Crippen molar-refractivity contribution in [2.45, 2.75) is 43.6 Å². The summed E-state index contributed by atoms with van der Waals surface area (Å²) in [6.07, 6.45) is 3.60. The van der Waals surface area contributed by atoms with E-state index in [1.54, 1.807) is 103 Å². The van der Waals surface area contributed by atoms with Gasteiger partial charge in [-0.25, -0.2) is 17.6 Å². The summed E-state index contributed by atoms with van der Waals surface area (Å²) in [5.41, 5.74) is 8.99. The van der Waals surface area contributed by atoms with E-state index in [0.717, 1.165) is 0 Å². The number of hydrogen-bond acceptors (Lipinski definition) is 11. The fourth-order valence-corrected chi connectivity index (χ4v) is 6.95. The normalized spacial score (nSPS) is 18.3. The molecular weight excluding hydrogens is 766 g/mol. The van der Waals surface area contributed by atoms with Gasteiger partial charge in [-0.2, -0.15) is 10.5 Å². The lowest BCUT2D eigenvalue weighted by molar-refractivity contribution is -0.137. The summed E-state index contributed by atoms with van der Waals surface area (Å²) in [6, 6.07) is 17.3. The highest BCUT2D eigenvalue weighted by molar-refractivity contribution is 5.96. The van der Waals surface area contributed by atoms with E-state index < -0.39 is 36.3 Å². The average molecular weight is 814 g/mol. The van der Waals surface area contributed by atoms with Crippen LogP contribution in [0.5, 0.6) is 0 Å². The lowest BCUT2D eigenvalue weighted by Gasteiger charge is -2.40. The first-order valence-corrected chi connectivity index (χ1v) is 18.0. The van der Waals surface area contributed by atoms with Crippen molar-refractivity contribution in [2.24, 2.45) is 11.7 Å². The predicted molar refractivity (Wildman–Crippen MR) is 214 cm³/mol. The maximum atomic E-state index is 14.8. The number of aromatic nitrogens is 2. The van der Waals surface area contributed by atoms with Crippen molar-refractivity contribution >= 4 is 57.3 Å². The minimum atomic E-state index is -2.88. The van der Waals surface area contributed by atoms with Crippen LogP contribution in [0.15, 0.2) is 60.9 Å². The van der Waals surface area contributed by atoms with Crippen molar-refractivity contribution in [1.29, 1.82) is 10.5 Å². The Hall–Kier alpha value is -5.13. The Balaban J connectivity index is 0.000000265. The fourth-order valence-electron chi connectivity index (χ4n) is 6.95. The Labute approximate surface area is 335 Å². The number of piperidine rings is 2. The first-order chi connectivity index (χ1) is 26.4. The van der Waals surface area contributed by atoms with Gasteiger partial charge in [0.15, 0.2) is 0 Å². The molecule has 306 valence electrons. The highest BCUT2D eigenvalue weighted by Gasteiger charge is 2.44. The van der Waals surface area contributed by atoms with Crippen LogP contribution in [0.1, 0.15) is 36.8 Å². The number of pyridine rings is 2. The SMILES string of the molecule is CN(C)CC(=O)CCC1CCN(c2ccc(C#N)c3ncccc23)CC1(F)F.CN(C)CC(=O)O.Cl.N#Cc1ccc(N2CC(N)CC(F)(F)C2)c2cccnc12. The van der Waals surface area contributed by atoms with Gasteiger partial charge >= 0.3 is 5.97 Å². The molecule has 57 heavy (non-hydrogen) atoms. The van der Waals surface area contributed by atoms with E-state index in [-0.39, 0.29) is 57.1 Å². The zero-order valence-electron chi connectivity index (χ0n) is 32.3. The molecule has 0 radical (unpaired) electrons. The summed E-state index contributed by atoms with van der Waals surface area (Å²) in [7, 11) is 7.02. The van der Waals surface area contributed by atoms with Gasteiger partial charge in [0.2, 0.25) is 0 Å². The Kier molecular flexibility index (Phi) is 16.5. The quantitative estimate of drug-likeness (QED) is 0.195. The minimum absolute atomic E-state index is 0. The smallest absolute Gasteiger partial charge is 0.317 e. The number of nitrogens with zero attached hydrogens (tertiary/aromatic N) is 8. The lowest BCUT2D eigenvalue weighted by atomic mass is 9.87. The number of alkyl halides is 4. The molecule has 3 N–H and O–H groups in total. The summed E-state index contributed by atoms with van der Waals surface area (Å²) in [5.74, 6) is -7.27. The van der Waals surface area contributed by atoms with Crippen LogP contribution in [0.25, 0.3) is 21.8 Å². The zero-order valence-corrected chi connectivity index (χ0v) is 33.2. The van der Waals surface area contributed by atoms with Gasteiger partial charge in [0.25, 0.3) is 11.8 Å². The molecule has 12 nitrogen and oxygen atoms in total. The molecule has 2 aliphatic heterocycles. The Morgan fingerprint density at radius 3 is 1.82 bits per heavy atom. The molecule has 4 aromatic rings. The Bertz CT molecular complexity index is 2090. The van der Waals surface area contributed by atoms with Crippen LogP contribution in [0.2, 0.25) is 0 Å². The molecule has 0 bridgehead atoms. The monoisotopic (exact) mass is 813 g/mol. The first kappa shape index (κ1) is 46.3. The van der Waals surface area contributed by atoms with Crippen molar-refractivity contribution in [1.82, 2.24) is 19.8 Å². The maximum Gasteiger partial charge on any atom is 0.317 e. The predicted octanol–water partition coefficient (Wildman–Crippen LogP) is 5.81. The van der Waals surface area contributed by atoms with Crippen molar-refractivity contribution in [2.75, 3.05) is 77.3 Å². The number of Topliss-reactive ketones (excluding diaryl/α,β-unsaturated/α-hetero) is 1. The van der Waals surface area contributed by atoms with E-state index in [9.17, 15) is 32.4 Å². The van der Waals surface area contributed by atoms with Crippen LogP contribution < -0.4 is 15.5 Å². The molecule has 2 aromatic carbocycles. The van der Waals surface area contributed by atoms with Gasteiger partial charge < -0.3 is 25.5 Å². The van der Waals surface area contributed by atoms with Gasteiger partial charge in [-0.3, -0.25) is 24.5 Å². The number of carboxylic acids is 1. The first-order valence-electron chi connectivity index (χ1n) is 18.0. The van der Waals surface area contributed by atoms with E-state index in [0.29, 0.717) is 63.8 Å². The molecule has 6 rings (SSSR count). The standard InChI is InChI=1S/C21H24F2N4O.C15H14F2N4.C4H9NO2.ClH/c1-26(2)13-17(28)7-6-16-9-11-27(14-21(16,22)23)19-8-5-15(12-24)20-18(19)4-3-10-25-20;16-15(17)6-11(19)8-21(9-15)13-4-3-10(7-18)14-12(13)2-1-5-20-14;1-5(2)3-4(6)7;/h3-5,8,10,16H,6-7,9,11,13-14H2,1-2H3;1-5,11H,6,8-9,19H2;3H2,1-2H3,(H,6,7);1H. The van der Waals surface area contributed by atoms with Crippen molar-refractivity contribution < 1.29 is 32.3 Å². The lowest BCUT2D eigenvalue weighted by Crippen LogP contribution is -2.52. The van der Waals surface area contributed by atoms with Crippen molar-refractivity contribution in [3.8, 4) is 12.1 Å². The number of halogens is 5. The molecule has 4 heterocycles. The molecule has 2 aromatic heterocycles. The highest BCUT2D eigenvalue weighted by atomic mass is 35.5. The third-order valence-electron chi connectivity index (χ3n) is 9.32. The molecule has 2 unspecified atom stereocenters. The summed E-state index contributed by atoms with van der Waals surface area (Å²) >= 11 is 0. The fraction of sp³-hybridized carbons (Fsp3) is 0.450. The number of fused-ring (bicyclic) bond motifs is 2. The summed E-state index contributed by atoms with van der Waals surface area (Å²) in [4.78, 5) is 36.7. The molecule has 17 heteroatoms. The molecule has 0 aliphatic carbocycles. The molecule has 2 atom stereocenters. The molecular formula is C40H48ClF4N9O3. The number of ketones is 1. The number of carbonyl (C=O) groups excluding carboxylic acids is 1. The van der Waals surface area contributed by atoms with Crippen molar-refractivity contribution in [3.63, 3.8) is 0 Å². The topological polar surface area (TPSA) is 167 Å². The number of rotatable bonds is 9. The summed E-state index contributed by atoms with van der Waals surface area (Å²) < 4.78 is 57.2. The van der Waals surface area contributed by atoms with E-state index in [1.165, 1.54) is 0 Å². The van der Waals surface area contributed by atoms with Crippen LogP contribution in [-0.4, -0.2) is 122 Å². The number of anilines is 2.